The molecule has 26 heavy (non-hydrogen) atoms. The van der Waals surface area contributed by atoms with Crippen molar-refractivity contribution < 1.29 is 9.18 Å². The van der Waals surface area contributed by atoms with Crippen LogP contribution in [0.3, 0.4) is 0 Å². The SMILES string of the molecule is CNC(=O)/C=C/c1ccc(CCCC23CC4CC(CC(C4)C2)C3)c(F)c1. The maximum absolute atomic E-state index is 14.4. The van der Waals surface area contributed by atoms with Gasteiger partial charge in [-0.25, -0.2) is 4.39 Å². The predicted octanol–water partition coefficient (Wildman–Crippen LogP) is 5.12. The van der Waals surface area contributed by atoms with Crippen LogP contribution in [0.1, 0.15) is 62.5 Å². The summed E-state index contributed by atoms with van der Waals surface area (Å²) in [6.07, 6.45) is 15.0. The van der Waals surface area contributed by atoms with E-state index in [0.29, 0.717) is 5.41 Å². The van der Waals surface area contributed by atoms with E-state index >= 15 is 0 Å². The lowest BCUT2D eigenvalue weighted by atomic mass is 9.48. The van der Waals surface area contributed by atoms with Gasteiger partial charge < -0.3 is 5.32 Å². The summed E-state index contributed by atoms with van der Waals surface area (Å²) in [5.74, 6) is 2.65. The molecular formula is C23H30FNO. The zero-order valence-corrected chi connectivity index (χ0v) is 15.8. The number of halogens is 1. The normalized spacial score (nSPS) is 32.3. The van der Waals surface area contributed by atoms with E-state index in [4.69, 9.17) is 0 Å². The molecule has 2 nitrogen and oxygen atoms in total. The van der Waals surface area contributed by atoms with Crippen LogP contribution < -0.4 is 5.32 Å². The summed E-state index contributed by atoms with van der Waals surface area (Å²) < 4.78 is 14.4. The summed E-state index contributed by atoms with van der Waals surface area (Å²) in [4.78, 5) is 11.2. The zero-order valence-electron chi connectivity index (χ0n) is 15.8. The van der Waals surface area contributed by atoms with Crippen molar-refractivity contribution in [2.45, 2.75) is 57.8 Å². The molecule has 1 aromatic rings. The molecule has 0 aliphatic heterocycles. The van der Waals surface area contributed by atoms with Crippen LogP contribution in [0.4, 0.5) is 4.39 Å². The first-order valence-corrected chi connectivity index (χ1v) is 10.2. The van der Waals surface area contributed by atoms with Crippen LogP contribution in [0.25, 0.3) is 6.08 Å². The second kappa shape index (κ2) is 7.17. The molecule has 5 rings (SSSR count). The number of carbonyl (C=O) groups is 1. The Morgan fingerprint density at radius 2 is 1.85 bits per heavy atom. The van der Waals surface area contributed by atoms with Crippen molar-refractivity contribution in [2.75, 3.05) is 7.05 Å². The number of likely N-dealkylation sites (N-methyl/N-ethyl adjacent to an activating group) is 1. The van der Waals surface area contributed by atoms with E-state index in [1.807, 2.05) is 12.1 Å². The van der Waals surface area contributed by atoms with Gasteiger partial charge in [-0.15, -0.1) is 0 Å². The number of amides is 1. The van der Waals surface area contributed by atoms with Gasteiger partial charge in [0, 0.05) is 13.1 Å². The second-order valence-corrected chi connectivity index (χ2v) is 9.07. The topological polar surface area (TPSA) is 29.1 Å². The maximum atomic E-state index is 14.4. The summed E-state index contributed by atoms with van der Waals surface area (Å²) in [7, 11) is 1.58. The molecule has 4 bridgehead atoms. The van der Waals surface area contributed by atoms with Gasteiger partial charge in [0.1, 0.15) is 5.82 Å². The summed E-state index contributed by atoms with van der Waals surface area (Å²) in [6, 6.07) is 5.33. The smallest absolute Gasteiger partial charge is 0.243 e. The number of hydrogen-bond acceptors (Lipinski definition) is 1. The lowest BCUT2D eigenvalue weighted by Crippen LogP contribution is -2.45. The van der Waals surface area contributed by atoms with Gasteiger partial charge in [-0.2, -0.15) is 0 Å². The van der Waals surface area contributed by atoms with Gasteiger partial charge in [0.05, 0.1) is 0 Å². The lowest BCUT2D eigenvalue weighted by molar-refractivity contribution is -0.115. The Morgan fingerprint density at radius 1 is 1.19 bits per heavy atom. The molecule has 0 saturated heterocycles. The van der Waals surface area contributed by atoms with Crippen molar-refractivity contribution in [2.24, 2.45) is 23.2 Å². The van der Waals surface area contributed by atoms with E-state index in [1.165, 1.54) is 51.0 Å². The Bertz CT molecular complexity index is 673. The minimum atomic E-state index is -0.176. The van der Waals surface area contributed by atoms with E-state index in [2.05, 4.69) is 5.32 Å². The molecule has 0 spiro atoms. The van der Waals surface area contributed by atoms with Gasteiger partial charge in [-0.05, 0) is 104 Å². The fourth-order valence-electron chi connectivity index (χ4n) is 6.38. The first-order chi connectivity index (χ1) is 12.5. The van der Waals surface area contributed by atoms with Crippen LogP contribution in [-0.2, 0) is 11.2 Å². The number of hydrogen-bond donors (Lipinski definition) is 1. The highest BCUT2D eigenvalue weighted by molar-refractivity contribution is 5.91. The van der Waals surface area contributed by atoms with Crippen LogP contribution in [0.5, 0.6) is 0 Å². The van der Waals surface area contributed by atoms with Gasteiger partial charge in [0.25, 0.3) is 0 Å². The number of benzene rings is 1. The quantitative estimate of drug-likeness (QED) is 0.705. The maximum Gasteiger partial charge on any atom is 0.243 e. The lowest BCUT2D eigenvalue weighted by Gasteiger charge is -2.57. The molecule has 0 radical (unpaired) electrons. The van der Waals surface area contributed by atoms with Crippen LogP contribution >= 0.6 is 0 Å². The molecule has 0 atom stereocenters. The van der Waals surface area contributed by atoms with Crippen molar-refractivity contribution >= 4 is 12.0 Å². The molecule has 140 valence electrons. The van der Waals surface area contributed by atoms with Crippen molar-refractivity contribution in [3.8, 4) is 0 Å². The summed E-state index contributed by atoms with van der Waals surface area (Å²) >= 11 is 0. The highest BCUT2D eigenvalue weighted by Crippen LogP contribution is 2.61. The van der Waals surface area contributed by atoms with Crippen molar-refractivity contribution in [1.29, 1.82) is 0 Å². The number of rotatable bonds is 6. The first-order valence-electron chi connectivity index (χ1n) is 10.2. The third-order valence-corrected chi connectivity index (χ3v) is 7.07. The van der Waals surface area contributed by atoms with Gasteiger partial charge in [-0.3, -0.25) is 4.79 Å². The Kier molecular flexibility index (Phi) is 4.90. The molecular weight excluding hydrogens is 325 g/mol. The molecule has 4 aliphatic rings. The minimum absolute atomic E-state index is 0.144. The Balaban J connectivity index is 1.34. The molecule has 3 heteroatoms. The highest BCUT2D eigenvalue weighted by Gasteiger charge is 2.50. The number of nitrogens with one attached hydrogen (secondary N) is 1. The molecule has 0 unspecified atom stereocenters. The van der Waals surface area contributed by atoms with E-state index in [9.17, 15) is 9.18 Å². The molecule has 0 aromatic heterocycles. The van der Waals surface area contributed by atoms with Crippen molar-refractivity contribution in [3.05, 3.63) is 41.2 Å². The predicted molar refractivity (Wildman–Crippen MR) is 103 cm³/mol. The van der Waals surface area contributed by atoms with Crippen LogP contribution in [0.15, 0.2) is 24.3 Å². The average molecular weight is 355 g/mol. The van der Waals surface area contributed by atoms with Crippen molar-refractivity contribution in [1.82, 2.24) is 5.32 Å². The molecule has 4 aliphatic carbocycles. The molecule has 1 N–H and O–H groups in total. The van der Waals surface area contributed by atoms with Crippen LogP contribution in [0.2, 0.25) is 0 Å². The Morgan fingerprint density at radius 3 is 2.42 bits per heavy atom. The molecule has 4 fully saturated rings. The molecule has 1 amide bonds. The van der Waals surface area contributed by atoms with Crippen molar-refractivity contribution in [3.63, 3.8) is 0 Å². The van der Waals surface area contributed by atoms with Gasteiger partial charge in [-0.1, -0.05) is 12.1 Å². The average Bonchev–Trinajstić information content (AvgIpc) is 2.60. The fraction of sp³-hybridized carbons (Fsp3) is 0.609. The molecule has 1 aromatic carbocycles. The van der Waals surface area contributed by atoms with Crippen LogP contribution in [-0.4, -0.2) is 13.0 Å². The summed E-state index contributed by atoms with van der Waals surface area (Å²) in [5.41, 5.74) is 2.13. The highest BCUT2D eigenvalue weighted by atomic mass is 19.1. The Labute approximate surface area is 156 Å². The summed E-state index contributed by atoms with van der Waals surface area (Å²) in [5, 5.41) is 2.52. The van der Waals surface area contributed by atoms with E-state index < -0.39 is 0 Å². The number of aryl methyl sites for hydroxylation is 1. The summed E-state index contributed by atoms with van der Waals surface area (Å²) in [6.45, 7) is 0. The number of carbonyl (C=O) groups excluding carboxylic acids is 1. The second-order valence-electron chi connectivity index (χ2n) is 9.07. The minimum Gasteiger partial charge on any atom is -0.356 e. The monoisotopic (exact) mass is 355 g/mol. The third kappa shape index (κ3) is 3.72. The molecule has 0 heterocycles. The van der Waals surface area contributed by atoms with Gasteiger partial charge in [0.2, 0.25) is 5.91 Å². The van der Waals surface area contributed by atoms with Gasteiger partial charge >= 0.3 is 0 Å². The molecule has 4 saturated carbocycles. The largest absolute Gasteiger partial charge is 0.356 e. The van der Waals surface area contributed by atoms with Crippen LogP contribution in [0, 0.1) is 29.0 Å². The fourth-order valence-corrected chi connectivity index (χ4v) is 6.38. The third-order valence-electron chi connectivity index (χ3n) is 7.07. The standard InChI is InChI=1S/C23H30FNO/c1-25-22(26)7-5-16-4-6-20(21(24)12-16)3-2-8-23-13-17-9-18(14-23)11-19(10-17)15-23/h4-7,12,17-19H,2-3,8-11,13-15H2,1H3,(H,25,26)/b7-5+. The first kappa shape index (κ1) is 17.8. The van der Waals surface area contributed by atoms with E-state index in [0.717, 1.165) is 41.7 Å². The zero-order chi connectivity index (χ0) is 18.1. The van der Waals surface area contributed by atoms with E-state index in [-0.39, 0.29) is 11.7 Å². The van der Waals surface area contributed by atoms with Gasteiger partial charge in [0.15, 0.2) is 0 Å². The van der Waals surface area contributed by atoms with E-state index in [1.54, 1.807) is 19.2 Å². The Hall–Kier alpha value is -1.64.